The maximum atomic E-state index is 12.0. The van der Waals surface area contributed by atoms with Crippen LogP contribution in [0.15, 0.2) is 11.8 Å². The largest absolute Gasteiger partial charge is 0.328 e. The van der Waals surface area contributed by atoms with Gasteiger partial charge in [0.2, 0.25) is 0 Å². The van der Waals surface area contributed by atoms with Gasteiger partial charge in [-0.3, -0.25) is 0 Å². The van der Waals surface area contributed by atoms with Crippen molar-refractivity contribution >= 4 is 6.03 Å². The van der Waals surface area contributed by atoms with Gasteiger partial charge < -0.3 is 10.2 Å². The molecule has 1 aliphatic heterocycles. The smallest absolute Gasteiger partial charge is 0.322 e. The summed E-state index contributed by atoms with van der Waals surface area (Å²) in [6, 6.07) is 0.0712. The van der Waals surface area contributed by atoms with Crippen LogP contribution in [0.2, 0.25) is 0 Å². The van der Waals surface area contributed by atoms with Crippen molar-refractivity contribution in [3.05, 3.63) is 11.8 Å². The molecule has 16 heavy (non-hydrogen) atoms. The molecule has 1 heterocycles. The highest BCUT2D eigenvalue weighted by Gasteiger charge is 2.43. The Balaban J connectivity index is 2.37. The summed E-state index contributed by atoms with van der Waals surface area (Å²) in [6.45, 7) is 7.19. The first-order valence-electron chi connectivity index (χ1n) is 6.40. The van der Waals surface area contributed by atoms with Crippen LogP contribution in [-0.4, -0.2) is 23.0 Å². The maximum absolute atomic E-state index is 12.0. The third kappa shape index (κ3) is 1.62. The molecule has 1 aliphatic carbocycles. The number of hydrogen-bond donors (Lipinski definition) is 1. The van der Waals surface area contributed by atoms with Crippen LogP contribution in [0.3, 0.4) is 0 Å². The number of amides is 2. The number of nitrogens with zero attached hydrogens (tertiary/aromatic N) is 1. The van der Waals surface area contributed by atoms with Crippen LogP contribution >= 0.6 is 0 Å². The quantitative estimate of drug-likeness (QED) is 0.765. The molecule has 1 saturated carbocycles. The molecule has 1 atom stereocenters. The highest BCUT2D eigenvalue weighted by atomic mass is 16.2. The van der Waals surface area contributed by atoms with Gasteiger partial charge in [0, 0.05) is 12.7 Å². The van der Waals surface area contributed by atoms with Crippen LogP contribution in [0, 0.1) is 5.92 Å². The zero-order valence-electron chi connectivity index (χ0n) is 10.5. The molecule has 0 aromatic carbocycles. The Kier molecular flexibility index (Phi) is 2.96. The minimum atomic E-state index is -0.0546. The molecule has 2 rings (SSSR count). The molecule has 2 amide bonds. The molecule has 0 bridgehead atoms. The summed E-state index contributed by atoms with van der Waals surface area (Å²) in [7, 11) is 0. The van der Waals surface area contributed by atoms with E-state index in [0.29, 0.717) is 5.92 Å². The lowest BCUT2D eigenvalue weighted by atomic mass is 9.70. The van der Waals surface area contributed by atoms with E-state index < -0.39 is 0 Å². The number of carbonyl (C=O) groups is 1. The SMILES string of the molecule is CCN1C=C2CCCC[C@]2(C(C)C)NC1=O. The van der Waals surface area contributed by atoms with E-state index in [9.17, 15) is 4.79 Å². The van der Waals surface area contributed by atoms with Crippen molar-refractivity contribution in [2.75, 3.05) is 6.54 Å². The van der Waals surface area contributed by atoms with Gasteiger partial charge in [-0.05, 0) is 37.7 Å². The minimum absolute atomic E-state index is 0.0546. The predicted octanol–water partition coefficient (Wildman–Crippen LogP) is 2.88. The number of hydrogen-bond acceptors (Lipinski definition) is 1. The molecule has 0 aromatic rings. The van der Waals surface area contributed by atoms with Crippen LogP contribution in [0.5, 0.6) is 0 Å². The first-order chi connectivity index (χ1) is 7.60. The molecule has 1 N–H and O–H groups in total. The van der Waals surface area contributed by atoms with E-state index in [4.69, 9.17) is 0 Å². The number of nitrogens with one attached hydrogen (secondary N) is 1. The van der Waals surface area contributed by atoms with Gasteiger partial charge in [0.15, 0.2) is 0 Å². The average Bonchev–Trinajstić information content (AvgIpc) is 2.27. The summed E-state index contributed by atoms with van der Waals surface area (Å²) in [5.41, 5.74) is 1.37. The first-order valence-corrected chi connectivity index (χ1v) is 6.40. The average molecular weight is 222 g/mol. The molecule has 90 valence electrons. The van der Waals surface area contributed by atoms with Crippen molar-refractivity contribution in [2.24, 2.45) is 5.92 Å². The standard InChI is InChI=1S/C13H22N2O/c1-4-15-9-11-7-5-6-8-13(11,10(2)3)14-12(15)16/h9-10H,4-8H2,1-3H3,(H,14,16)/t13-/m1/s1. The van der Waals surface area contributed by atoms with E-state index in [1.165, 1.54) is 18.4 Å². The second kappa shape index (κ2) is 4.11. The third-order valence-electron chi connectivity index (χ3n) is 4.07. The number of fused-ring (bicyclic) bond motifs is 1. The predicted molar refractivity (Wildman–Crippen MR) is 65.0 cm³/mol. The molecule has 1 fully saturated rings. The summed E-state index contributed by atoms with van der Waals surface area (Å²) >= 11 is 0. The van der Waals surface area contributed by atoms with Crippen molar-refractivity contribution in [2.45, 2.75) is 52.0 Å². The molecule has 0 aromatic heterocycles. The summed E-state index contributed by atoms with van der Waals surface area (Å²) in [5, 5.41) is 3.25. The van der Waals surface area contributed by atoms with E-state index in [1.807, 2.05) is 6.92 Å². The fraction of sp³-hybridized carbons (Fsp3) is 0.769. The maximum Gasteiger partial charge on any atom is 0.322 e. The number of urea groups is 1. The number of rotatable bonds is 2. The van der Waals surface area contributed by atoms with Gasteiger partial charge in [0.05, 0.1) is 5.54 Å². The van der Waals surface area contributed by atoms with E-state index in [2.05, 4.69) is 25.4 Å². The monoisotopic (exact) mass is 222 g/mol. The lowest BCUT2D eigenvalue weighted by Gasteiger charge is -2.47. The third-order valence-corrected chi connectivity index (χ3v) is 4.07. The molecule has 0 spiro atoms. The number of carbonyl (C=O) groups excluding carboxylic acids is 1. The Hall–Kier alpha value is -0.990. The lowest BCUT2D eigenvalue weighted by molar-refractivity contribution is 0.167. The molecule has 2 aliphatic rings. The molecular weight excluding hydrogens is 200 g/mol. The van der Waals surface area contributed by atoms with Gasteiger partial charge >= 0.3 is 6.03 Å². The molecular formula is C13H22N2O. The fourth-order valence-corrected chi connectivity index (χ4v) is 2.97. The van der Waals surface area contributed by atoms with E-state index in [-0.39, 0.29) is 11.6 Å². The van der Waals surface area contributed by atoms with Crippen molar-refractivity contribution in [1.29, 1.82) is 0 Å². The Labute approximate surface area is 97.9 Å². The molecule has 0 saturated heterocycles. The Morgan fingerprint density at radius 3 is 2.88 bits per heavy atom. The van der Waals surface area contributed by atoms with Gasteiger partial charge in [-0.1, -0.05) is 20.3 Å². The second-order valence-electron chi connectivity index (χ2n) is 5.20. The van der Waals surface area contributed by atoms with Gasteiger partial charge in [-0.15, -0.1) is 0 Å². The highest BCUT2D eigenvalue weighted by Crippen LogP contribution is 2.40. The first kappa shape index (κ1) is 11.5. The fourth-order valence-electron chi connectivity index (χ4n) is 2.97. The highest BCUT2D eigenvalue weighted by molar-refractivity contribution is 5.78. The summed E-state index contributed by atoms with van der Waals surface area (Å²) in [4.78, 5) is 13.8. The van der Waals surface area contributed by atoms with E-state index in [0.717, 1.165) is 19.4 Å². The van der Waals surface area contributed by atoms with Crippen LogP contribution in [0.25, 0.3) is 0 Å². The van der Waals surface area contributed by atoms with Gasteiger partial charge in [0.1, 0.15) is 0 Å². The second-order valence-corrected chi connectivity index (χ2v) is 5.20. The Bertz CT molecular complexity index is 322. The Morgan fingerprint density at radius 2 is 2.25 bits per heavy atom. The van der Waals surface area contributed by atoms with Crippen LogP contribution in [0.4, 0.5) is 4.79 Å². The molecule has 3 nitrogen and oxygen atoms in total. The van der Waals surface area contributed by atoms with Crippen molar-refractivity contribution in [1.82, 2.24) is 10.2 Å². The summed E-state index contributed by atoms with van der Waals surface area (Å²) in [5.74, 6) is 0.474. The van der Waals surface area contributed by atoms with Crippen LogP contribution in [0.1, 0.15) is 46.5 Å². The van der Waals surface area contributed by atoms with Crippen LogP contribution in [-0.2, 0) is 0 Å². The lowest BCUT2D eigenvalue weighted by Crippen LogP contribution is -2.60. The Morgan fingerprint density at radius 1 is 1.50 bits per heavy atom. The minimum Gasteiger partial charge on any atom is -0.328 e. The summed E-state index contributed by atoms with van der Waals surface area (Å²) in [6.07, 6.45) is 6.81. The normalized spacial score (nSPS) is 29.9. The van der Waals surface area contributed by atoms with Gasteiger partial charge in [-0.25, -0.2) is 4.79 Å². The van der Waals surface area contributed by atoms with Gasteiger partial charge in [0.25, 0.3) is 0 Å². The van der Waals surface area contributed by atoms with E-state index in [1.54, 1.807) is 4.90 Å². The summed E-state index contributed by atoms with van der Waals surface area (Å²) < 4.78 is 0. The zero-order chi connectivity index (χ0) is 11.8. The zero-order valence-corrected chi connectivity index (χ0v) is 10.5. The van der Waals surface area contributed by atoms with Crippen molar-refractivity contribution in [3.8, 4) is 0 Å². The molecule has 0 unspecified atom stereocenters. The molecule has 3 heteroatoms. The topological polar surface area (TPSA) is 32.3 Å². The van der Waals surface area contributed by atoms with E-state index >= 15 is 0 Å². The van der Waals surface area contributed by atoms with Crippen LogP contribution < -0.4 is 5.32 Å². The van der Waals surface area contributed by atoms with Crippen molar-refractivity contribution in [3.63, 3.8) is 0 Å². The van der Waals surface area contributed by atoms with Gasteiger partial charge in [-0.2, -0.15) is 0 Å². The molecule has 0 radical (unpaired) electrons. The van der Waals surface area contributed by atoms with Crippen molar-refractivity contribution < 1.29 is 4.79 Å².